The first-order valence-electron chi connectivity index (χ1n) is 5.72. The molecule has 1 rings (SSSR count). The molecule has 1 saturated heterocycles. The molecule has 1 N–H and O–H groups in total. The van der Waals surface area contributed by atoms with Gasteiger partial charge in [0.1, 0.15) is 0 Å². The van der Waals surface area contributed by atoms with Crippen molar-refractivity contribution in [2.75, 3.05) is 25.0 Å². The Bertz CT molecular complexity index is 150. The van der Waals surface area contributed by atoms with Crippen molar-refractivity contribution in [3.8, 4) is 0 Å². The van der Waals surface area contributed by atoms with Crippen LogP contribution in [0.25, 0.3) is 0 Å². The topological polar surface area (TPSA) is 23.5 Å². The van der Waals surface area contributed by atoms with Crippen molar-refractivity contribution in [1.29, 1.82) is 0 Å². The number of alkyl halides is 1. The van der Waals surface area contributed by atoms with E-state index in [1.165, 1.54) is 32.2 Å². The largest absolute Gasteiger partial charge is 0.395 e. The highest BCUT2D eigenvalue weighted by Crippen LogP contribution is 2.19. The minimum absolute atomic E-state index is 0.332. The van der Waals surface area contributed by atoms with Gasteiger partial charge in [0.2, 0.25) is 0 Å². The highest BCUT2D eigenvalue weighted by atomic mass is 79.9. The van der Waals surface area contributed by atoms with E-state index in [4.69, 9.17) is 0 Å². The Kier molecular flexibility index (Phi) is 6.06. The van der Waals surface area contributed by atoms with Gasteiger partial charge in [0.05, 0.1) is 6.61 Å². The van der Waals surface area contributed by atoms with Crippen molar-refractivity contribution < 1.29 is 5.11 Å². The van der Waals surface area contributed by atoms with Gasteiger partial charge in [0, 0.05) is 17.9 Å². The van der Waals surface area contributed by atoms with Crippen molar-refractivity contribution in [2.45, 2.75) is 38.6 Å². The van der Waals surface area contributed by atoms with E-state index in [9.17, 15) is 5.11 Å². The van der Waals surface area contributed by atoms with Gasteiger partial charge in [-0.1, -0.05) is 35.7 Å². The van der Waals surface area contributed by atoms with E-state index in [-0.39, 0.29) is 0 Å². The van der Waals surface area contributed by atoms with E-state index in [0.29, 0.717) is 12.6 Å². The quantitative estimate of drug-likeness (QED) is 0.770. The molecular weight excluding hydrogens is 242 g/mol. The molecule has 0 amide bonds. The molecule has 1 aliphatic heterocycles. The van der Waals surface area contributed by atoms with Gasteiger partial charge in [-0.25, -0.2) is 0 Å². The summed E-state index contributed by atoms with van der Waals surface area (Å²) in [5, 5.41) is 10.3. The van der Waals surface area contributed by atoms with Crippen LogP contribution in [0.4, 0.5) is 0 Å². The summed E-state index contributed by atoms with van der Waals surface area (Å²) in [6.45, 7) is 4.89. The summed E-state index contributed by atoms with van der Waals surface area (Å²) in [6.07, 6.45) is 4.98. The third-order valence-electron chi connectivity index (χ3n) is 3.25. The first-order valence-corrected chi connectivity index (χ1v) is 6.84. The fourth-order valence-electron chi connectivity index (χ4n) is 2.13. The number of aliphatic hydroxyl groups excluding tert-OH is 1. The van der Waals surface area contributed by atoms with Gasteiger partial charge in [-0.2, -0.15) is 0 Å². The zero-order valence-electron chi connectivity index (χ0n) is 9.08. The molecule has 3 heteroatoms. The minimum atomic E-state index is 0.332. The summed E-state index contributed by atoms with van der Waals surface area (Å²) >= 11 is 3.56. The zero-order valence-corrected chi connectivity index (χ0v) is 10.7. The van der Waals surface area contributed by atoms with Crippen molar-refractivity contribution in [2.24, 2.45) is 5.92 Å². The summed E-state index contributed by atoms with van der Waals surface area (Å²) in [5.74, 6) is 0.738. The number of likely N-dealkylation sites (tertiary alicyclic amines) is 1. The second-order valence-electron chi connectivity index (χ2n) is 4.26. The van der Waals surface area contributed by atoms with E-state index in [1.807, 2.05) is 0 Å². The van der Waals surface area contributed by atoms with E-state index < -0.39 is 0 Å². The Balaban J connectivity index is 2.39. The highest BCUT2D eigenvalue weighted by Gasteiger charge is 2.23. The van der Waals surface area contributed by atoms with Gasteiger partial charge in [-0.3, -0.25) is 4.90 Å². The van der Waals surface area contributed by atoms with Crippen molar-refractivity contribution in [3.63, 3.8) is 0 Å². The summed E-state index contributed by atoms with van der Waals surface area (Å²) in [7, 11) is 0. The molecule has 2 nitrogen and oxygen atoms in total. The van der Waals surface area contributed by atoms with Gasteiger partial charge >= 0.3 is 0 Å². The number of aliphatic hydroxyl groups is 1. The van der Waals surface area contributed by atoms with Crippen molar-refractivity contribution in [3.05, 3.63) is 0 Å². The molecule has 2 atom stereocenters. The van der Waals surface area contributed by atoms with Crippen LogP contribution < -0.4 is 0 Å². The predicted molar refractivity (Wildman–Crippen MR) is 63.9 cm³/mol. The Hall–Kier alpha value is 0.400. The zero-order chi connectivity index (χ0) is 10.4. The van der Waals surface area contributed by atoms with Gasteiger partial charge < -0.3 is 5.11 Å². The lowest BCUT2D eigenvalue weighted by Crippen LogP contribution is -2.44. The van der Waals surface area contributed by atoms with Gasteiger partial charge in [0.25, 0.3) is 0 Å². The molecule has 1 fully saturated rings. The molecule has 0 bridgehead atoms. The van der Waals surface area contributed by atoms with Crippen LogP contribution in [0, 0.1) is 5.92 Å². The van der Waals surface area contributed by atoms with E-state index in [0.717, 1.165) is 17.8 Å². The van der Waals surface area contributed by atoms with Crippen LogP contribution in [0.1, 0.15) is 32.6 Å². The number of rotatable bonds is 5. The molecule has 0 radical (unpaired) electrons. The Morgan fingerprint density at radius 1 is 1.50 bits per heavy atom. The molecule has 0 aromatic carbocycles. The number of halogens is 1. The normalized spacial score (nSPS) is 26.4. The molecule has 0 saturated carbocycles. The first-order chi connectivity index (χ1) is 6.81. The third kappa shape index (κ3) is 3.52. The van der Waals surface area contributed by atoms with Crippen LogP contribution in [-0.4, -0.2) is 41.1 Å². The van der Waals surface area contributed by atoms with E-state index in [2.05, 4.69) is 27.8 Å². The summed E-state index contributed by atoms with van der Waals surface area (Å²) in [4.78, 5) is 2.47. The third-order valence-corrected chi connectivity index (χ3v) is 4.16. The lowest BCUT2D eigenvalue weighted by Gasteiger charge is -2.36. The molecule has 14 heavy (non-hydrogen) atoms. The molecular formula is C11H22BrNO. The van der Waals surface area contributed by atoms with Gasteiger partial charge in [-0.05, 0) is 25.3 Å². The van der Waals surface area contributed by atoms with Crippen LogP contribution in [-0.2, 0) is 0 Å². The lowest BCUT2D eigenvalue weighted by atomic mass is 10.00. The van der Waals surface area contributed by atoms with E-state index in [1.54, 1.807) is 0 Å². The Morgan fingerprint density at radius 2 is 2.29 bits per heavy atom. The number of piperidine rings is 1. The minimum Gasteiger partial charge on any atom is -0.395 e. The second kappa shape index (κ2) is 6.81. The monoisotopic (exact) mass is 263 g/mol. The van der Waals surface area contributed by atoms with Crippen molar-refractivity contribution in [1.82, 2.24) is 4.90 Å². The average Bonchev–Trinajstić information content (AvgIpc) is 2.26. The van der Waals surface area contributed by atoms with Crippen LogP contribution in [0.5, 0.6) is 0 Å². The molecule has 0 aliphatic carbocycles. The second-order valence-corrected chi connectivity index (χ2v) is 4.90. The number of hydrogen-bond acceptors (Lipinski definition) is 2. The Morgan fingerprint density at radius 3 is 2.86 bits per heavy atom. The maximum Gasteiger partial charge on any atom is 0.0586 e. The summed E-state index contributed by atoms with van der Waals surface area (Å²) in [5.41, 5.74) is 0. The molecule has 0 aromatic rings. The van der Waals surface area contributed by atoms with Gasteiger partial charge in [-0.15, -0.1) is 0 Å². The molecule has 1 aliphatic rings. The molecule has 0 aromatic heterocycles. The fraction of sp³-hybridized carbons (Fsp3) is 1.00. The standard InChI is InChI=1S/C11H22BrNO/c1-2-10(7-12)8-13-6-4-3-5-11(13)9-14/h10-11,14H,2-9H2,1H3. The molecule has 1 heterocycles. The average molecular weight is 264 g/mol. The van der Waals surface area contributed by atoms with Crippen LogP contribution in [0.2, 0.25) is 0 Å². The van der Waals surface area contributed by atoms with E-state index >= 15 is 0 Å². The maximum absolute atomic E-state index is 9.27. The SMILES string of the molecule is CCC(CBr)CN1CCCCC1CO. The molecule has 84 valence electrons. The summed E-state index contributed by atoms with van der Waals surface area (Å²) < 4.78 is 0. The first kappa shape index (κ1) is 12.5. The lowest BCUT2D eigenvalue weighted by molar-refractivity contribution is 0.0784. The molecule has 0 spiro atoms. The fourth-order valence-corrected chi connectivity index (χ4v) is 2.79. The smallest absolute Gasteiger partial charge is 0.0586 e. The molecule has 2 unspecified atom stereocenters. The predicted octanol–water partition coefficient (Wildman–Crippen LogP) is 2.25. The van der Waals surface area contributed by atoms with Crippen LogP contribution >= 0.6 is 15.9 Å². The summed E-state index contributed by atoms with van der Waals surface area (Å²) in [6, 6.07) is 0.428. The van der Waals surface area contributed by atoms with Crippen LogP contribution in [0.15, 0.2) is 0 Å². The van der Waals surface area contributed by atoms with Gasteiger partial charge in [0.15, 0.2) is 0 Å². The van der Waals surface area contributed by atoms with Crippen molar-refractivity contribution >= 4 is 15.9 Å². The number of nitrogens with zero attached hydrogens (tertiary/aromatic N) is 1. The van der Waals surface area contributed by atoms with Crippen LogP contribution in [0.3, 0.4) is 0 Å². The highest BCUT2D eigenvalue weighted by molar-refractivity contribution is 9.09. The maximum atomic E-state index is 9.27. The Labute approximate surface area is 95.8 Å². The number of hydrogen-bond donors (Lipinski definition) is 1.